The largest absolute Gasteiger partial charge is 0.325 e. The van der Waals surface area contributed by atoms with E-state index in [1.54, 1.807) is 13.8 Å². The SMILES string of the molecule is Cc1ccc(NC(=O)Cn2c(C)nc(C)cc2=O)cc1. The topological polar surface area (TPSA) is 64.0 Å². The Bertz CT molecular complexity index is 687. The van der Waals surface area contributed by atoms with Gasteiger partial charge in [-0.2, -0.15) is 0 Å². The second-order valence-corrected chi connectivity index (χ2v) is 4.78. The van der Waals surface area contributed by atoms with Gasteiger partial charge in [-0.3, -0.25) is 14.2 Å². The highest BCUT2D eigenvalue weighted by atomic mass is 16.2. The predicted octanol–water partition coefficient (Wildman–Crippen LogP) is 1.81. The van der Waals surface area contributed by atoms with E-state index < -0.39 is 0 Å². The molecule has 0 aliphatic heterocycles. The summed E-state index contributed by atoms with van der Waals surface area (Å²) in [6.45, 7) is 5.41. The maximum atomic E-state index is 12.0. The summed E-state index contributed by atoms with van der Waals surface area (Å²) in [5.41, 5.74) is 2.28. The number of nitrogens with zero attached hydrogens (tertiary/aromatic N) is 2. The molecule has 0 atom stereocenters. The molecule has 1 N–H and O–H groups in total. The number of anilines is 1. The molecule has 1 heterocycles. The summed E-state index contributed by atoms with van der Waals surface area (Å²) < 4.78 is 1.36. The number of aryl methyl sites for hydroxylation is 3. The minimum absolute atomic E-state index is 0.0359. The Morgan fingerprint density at radius 1 is 1.20 bits per heavy atom. The molecular formula is C15H17N3O2. The summed E-state index contributed by atoms with van der Waals surface area (Å²) in [6.07, 6.45) is 0. The van der Waals surface area contributed by atoms with Crippen molar-refractivity contribution in [3.63, 3.8) is 0 Å². The van der Waals surface area contributed by atoms with Gasteiger partial charge in [-0.25, -0.2) is 4.98 Å². The highest BCUT2D eigenvalue weighted by Gasteiger charge is 2.08. The van der Waals surface area contributed by atoms with E-state index in [1.807, 2.05) is 31.2 Å². The molecule has 0 aliphatic carbocycles. The van der Waals surface area contributed by atoms with Gasteiger partial charge in [0.25, 0.3) is 5.56 Å². The van der Waals surface area contributed by atoms with Gasteiger partial charge < -0.3 is 5.32 Å². The summed E-state index contributed by atoms with van der Waals surface area (Å²) in [5.74, 6) is 0.291. The first-order valence-electron chi connectivity index (χ1n) is 6.37. The molecule has 0 unspecified atom stereocenters. The molecule has 1 aromatic carbocycles. The van der Waals surface area contributed by atoms with Crippen LogP contribution in [-0.2, 0) is 11.3 Å². The fraction of sp³-hybridized carbons (Fsp3) is 0.267. The molecule has 2 rings (SSSR count). The predicted molar refractivity (Wildman–Crippen MR) is 77.8 cm³/mol. The number of carbonyl (C=O) groups is 1. The van der Waals surface area contributed by atoms with Gasteiger partial charge in [-0.05, 0) is 32.9 Å². The second-order valence-electron chi connectivity index (χ2n) is 4.78. The van der Waals surface area contributed by atoms with Crippen molar-refractivity contribution >= 4 is 11.6 Å². The van der Waals surface area contributed by atoms with Crippen molar-refractivity contribution in [2.45, 2.75) is 27.3 Å². The van der Waals surface area contributed by atoms with Crippen LogP contribution in [0.15, 0.2) is 35.1 Å². The fourth-order valence-electron chi connectivity index (χ4n) is 1.94. The lowest BCUT2D eigenvalue weighted by atomic mass is 10.2. The van der Waals surface area contributed by atoms with E-state index in [4.69, 9.17) is 0 Å². The van der Waals surface area contributed by atoms with Crippen LogP contribution in [0.25, 0.3) is 0 Å². The number of nitrogens with one attached hydrogen (secondary N) is 1. The first-order chi connectivity index (χ1) is 9.45. The van der Waals surface area contributed by atoms with Crippen molar-refractivity contribution in [2.24, 2.45) is 0 Å². The Balaban J connectivity index is 2.12. The molecule has 104 valence electrons. The van der Waals surface area contributed by atoms with Crippen molar-refractivity contribution < 1.29 is 4.79 Å². The van der Waals surface area contributed by atoms with E-state index in [-0.39, 0.29) is 18.0 Å². The van der Waals surface area contributed by atoms with Crippen molar-refractivity contribution in [1.82, 2.24) is 9.55 Å². The number of aromatic nitrogens is 2. The molecule has 20 heavy (non-hydrogen) atoms. The van der Waals surface area contributed by atoms with Crippen molar-refractivity contribution in [3.8, 4) is 0 Å². The molecule has 5 nitrogen and oxygen atoms in total. The zero-order valence-corrected chi connectivity index (χ0v) is 11.8. The average Bonchev–Trinajstić information content (AvgIpc) is 2.36. The van der Waals surface area contributed by atoms with Gasteiger partial charge in [0.05, 0.1) is 0 Å². The maximum Gasteiger partial charge on any atom is 0.254 e. The van der Waals surface area contributed by atoms with Gasteiger partial charge in [0.1, 0.15) is 12.4 Å². The maximum absolute atomic E-state index is 12.0. The van der Waals surface area contributed by atoms with Crippen LogP contribution in [0.3, 0.4) is 0 Å². The minimum Gasteiger partial charge on any atom is -0.325 e. The number of hydrogen-bond donors (Lipinski definition) is 1. The lowest BCUT2D eigenvalue weighted by molar-refractivity contribution is -0.116. The van der Waals surface area contributed by atoms with Crippen LogP contribution in [-0.4, -0.2) is 15.5 Å². The molecule has 0 saturated heterocycles. The number of rotatable bonds is 3. The number of carbonyl (C=O) groups excluding carboxylic acids is 1. The van der Waals surface area contributed by atoms with E-state index in [1.165, 1.54) is 10.6 Å². The van der Waals surface area contributed by atoms with Crippen LogP contribution in [0.2, 0.25) is 0 Å². The van der Waals surface area contributed by atoms with Gasteiger partial charge in [-0.15, -0.1) is 0 Å². The average molecular weight is 271 g/mol. The second kappa shape index (κ2) is 5.69. The molecule has 0 saturated carbocycles. The minimum atomic E-state index is -0.246. The molecule has 2 aromatic rings. The molecule has 1 amide bonds. The molecule has 0 fully saturated rings. The van der Waals surface area contributed by atoms with E-state index in [0.29, 0.717) is 17.2 Å². The third-order valence-corrected chi connectivity index (χ3v) is 2.96. The number of hydrogen-bond acceptors (Lipinski definition) is 3. The Labute approximate surface area is 117 Å². The van der Waals surface area contributed by atoms with Crippen LogP contribution in [0.5, 0.6) is 0 Å². The Kier molecular flexibility index (Phi) is 3.98. The van der Waals surface area contributed by atoms with Gasteiger partial charge in [-0.1, -0.05) is 17.7 Å². The highest BCUT2D eigenvalue weighted by Crippen LogP contribution is 2.08. The van der Waals surface area contributed by atoms with Crippen LogP contribution >= 0.6 is 0 Å². The van der Waals surface area contributed by atoms with Crippen molar-refractivity contribution in [1.29, 1.82) is 0 Å². The van der Waals surface area contributed by atoms with Crippen LogP contribution < -0.4 is 10.9 Å². The third kappa shape index (κ3) is 3.32. The molecule has 0 spiro atoms. The van der Waals surface area contributed by atoms with E-state index in [9.17, 15) is 9.59 Å². The molecule has 5 heteroatoms. The zero-order chi connectivity index (χ0) is 14.7. The standard InChI is InChI=1S/C15H17N3O2/c1-10-4-6-13(7-5-10)17-14(19)9-18-12(3)16-11(2)8-15(18)20/h4-8H,9H2,1-3H3,(H,17,19). The van der Waals surface area contributed by atoms with Gasteiger partial charge in [0.15, 0.2) is 0 Å². The molecule has 0 aliphatic rings. The van der Waals surface area contributed by atoms with E-state index in [0.717, 1.165) is 5.56 Å². The van der Waals surface area contributed by atoms with Crippen molar-refractivity contribution in [3.05, 3.63) is 57.8 Å². The summed E-state index contributed by atoms with van der Waals surface area (Å²) in [7, 11) is 0. The highest BCUT2D eigenvalue weighted by molar-refractivity contribution is 5.90. The Morgan fingerprint density at radius 2 is 1.85 bits per heavy atom. The summed E-state index contributed by atoms with van der Waals surface area (Å²) >= 11 is 0. The lowest BCUT2D eigenvalue weighted by Gasteiger charge is -2.10. The molecule has 0 bridgehead atoms. The number of benzene rings is 1. The molecule has 1 aromatic heterocycles. The van der Waals surface area contributed by atoms with Crippen LogP contribution in [0.4, 0.5) is 5.69 Å². The van der Waals surface area contributed by atoms with Crippen LogP contribution in [0.1, 0.15) is 17.1 Å². The fourth-order valence-corrected chi connectivity index (χ4v) is 1.94. The normalized spacial score (nSPS) is 10.3. The summed E-state index contributed by atoms with van der Waals surface area (Å²) in [4.78, 5) is 28.0. The smallest absolute Gasteiger partial charge is 0.254 e. The monoisotopic (exact) mass is 271 g/mol. The Hall–Kier alpha value is -2.43. The quantitative estimate of drug-likeness (QED) is 0.926. The summed E-state index contributed by atoms with van der Waals surface area (Å²) in [5, 5.41) is 2.76. The lowest BCUT2D eigenvalue weighted by Crippen LogP contribution is -2.29. The van der Waals surface area contributed by atoms with Gasteiger partial charge in [0.2, 0.25) is 5.91 Å². The van der Waals surface area contributed by atoms with E-state index in [2.05, 4.69) is 10.3 Å². The molecular weight excluding hydrogens is 254 g/mol. The first kappa shape index (κ1) is 14.0. The summed E-state index contributed by atoms with van der Waals surface area (Å²) in [6, 6.07) is 8.92. The van der Waals surface area contributed by atoms with Gasteiger partial charge in [0, 0.05) is 17.4 Å². The van der Waals surface area contributed by atoms with Gasteiger partial charge >= 0.3 is 0 Å². The Morgan fingerprint density at radius 3 is 2.45 bits per heavy atom. The third-order valence-electron chi connectivity index (χ3n) is 2.96. The van der Waals surface area contributed by atoms with Crippen LogP contribution in [0, 0.1) is 20.8 Å². The van der Waals surface area contributed by atoms with Crippen molar-refractivity contribution in [2.75, 3.05) is 5.32 Å². The number of amides is 1. The van der Waals surface area contributed by atoms with E-state index >= 15 is 0 Å². The zero-order valence-electron chi connectivity index (χ0n) is 11.8. The molecule has 0 radical (unpaired) electrons. The first-order valence-corrected chi connectivity index (χ1v) is 6.37.